The number of carbonyl (C=O) groups excluding carboxylic acids is 1. The molecule has 1 aliphatic carbocycles. The number of hydrogen-bond acceptors (Lipinski definition) is 2. The monoisotopic (exact) mass is 270 g/mol. The van der Waals surface area contributed by atoms with Gasteiger partial charge in [0.2, 0.25) is 5.67 Å². The molecular weight excluding hydrogens is 243 g/mol. The second kappa shape index (κ2) is 6.06. The molecule has 0 radical (unpaired) electrons. The Balaban J connectivity index is 2.86. The van der Waals surface area contributed by atoms with Crippen molar-refractivity contribution in [2.24, 2.45) is 5.41 Å². The molecule has 0 heterocycles. The highest BCUT2D eigenvalue weighted by Gasteiger charge is 2.49. The fraction of sp³-hybridized carbons (Fsp3) is 0.812. The minimum Gasteiger partial charge on any atom is -0.460 e. The van der Waals surface area contributed by atoms with Crippen molar-refractivity contribution < 1.29 is 13.9 Å². The molecule has 0 saturated heterocycles. The Morgan fingerprint density at radius 2 is 1.68 bits per heavy atom. The number of hydrogen-bond donors (Lipinski definition) is 0. The maximum absolute atomic E-state index is 15.1. The standard InChI is InChI=1S/C16H27FO2/c1-12(2)11-16(17,15(3,4)5)14(18)19-13-9-7-6-8-10-13/h11,13H,6-10H2,1-5H3. The summed E-state index contributed by atoms with van der Waals surface area (Å²) in [5, 5.41) is 0. The third kappa shape index (κ3) is 4.05. The summed E-state index contributed by atoms with van der Waals surface area (Å²) in [7, 11) is 0. The van der Waals surface area contributed by atoms with E-state index in [0.717, 1.165) is 31.3 Å². The summed E-state index contributed by atoms with van der Waals surface area (Å²) in [6.45, 7) is 8.79. The molecule has 0 aromatic rings. The molecule has 0 spiro atoms. The number of allylic oxidation sites excluding steroid dienone is 1. The third-order valence-electron chi connectivity index (χ3n) is 3.70. The van der Waals surface area contributed by atoms with Crippen molar-refractivity contribution in [3.05, 3.63) is 11.6 Å². The minimum absolute atomic E-state index is 0.107. The Morgan fingerprint density at radius 1 is 1.16 bits per heavy atom. The van der Waals surface area contributed by atoms with Crippen molar-refractivity contribution in [3.8, 4) is 0 Å². The van der Waals surface area contributed by atoms with Gasteiger partial charge in [0.05, 0.1) is 0 Å². The fourth-order valence-electron chi connectivity index (χ4n) is 2.40. The first-order chi connectivity index (χ1) is 8.67. The van der Waals surface area contributed by atoms with E-state index in [4.69, 9.17) is 4.74 Å². The van der Waals surface area contributed by atoms with Gasteiger partial charge in [0, 0.05) is 5.41 Å². The zero-order valence-corrected chi connectivity index (χ0v) is 12.9. The Kier molecular flexibility index (Phi) is 5.17. The van der Waals surface area contributed by atoms with E-state index in [1.807, 2.05) is 0 Å². The molecule has 19 heavy (non-hydrogen) atoms. The number of esters is 1. The van der Waals surface area contributed by atoms with Crippen molar-refractivity contribution in [2.75, 3.05) is 0 Å². The Morgan fingerprint density at radius 3 is 2.11 bits per heavy atom. The Labute approximate surface area is 116 Å². The molecule has 110 valence electrons. The zero-order valence-electron chi connectivity index (χ0n) is 12.9. The van der Waals surface area contributed by atoms with E-state index < -0.39 is 17.1 Å². The molecule has 1 atom stereocenters. The summed E-state index contributed by atoms with van der Waals surface area (Å²) in [4.78, 5) is 12.3. The van der Waals surface area contributed by atoms with E-state index in [1.54, 1.807) is 34.6 Å². The molecule has 0 amide bonds. The lowest BCUT2D eigenvalue weighted by atomic mass is 9.77. The Hall–Kier alpha value is -0.860. The lowest BCUT2D eigenvalue weighted by Crippen LogP contribution is -2.47. The van der Waals surface area contributed by atoms with Crippen LogP contribution in [0.4, 0.5) is 4.39 Å². The second-order valence-electron chi connectivity index (χ2n) is 6.85. The van der Waals surface area contributed by atoms with Crippen molar-refractivity contribution in [3.63, 3.8) is 0 Å². The van der Waals surface area contributed by atoms with Gasteiger partial charge in [-0.1, -0.05) is 32.8 Å². The first-order valence-electron chi connectivity index (χ1n) is 7.23. The lowest BCUT2D eigenvalue weighted by molar-refractivity contribution is -0.168. The van der Waals surface area contributed by atoms with Crippen LogP contribution in [0.1, 0.15) is 66.7 Å². The Bertz CT molecular complexity index is 344. The van der Waals surface area contributed by atoms with Gasteiger partial charge in [-0.15, -0.1) is 0 Å². The highest BCUT2D eigenvalue weighted by Crippen LogP contribution is 2.38. The zero-order chi connectivity index (χ0) is 14.7. The van der Waals surface area contributed by atoms with Crippen molar-refractivity contribution in [2.45, 2.75) is 78.5 Å². The van der Waals surface area contributed by atoms with Crippen LogP contribution in [0.5, 0.6) is 0 Å². The molecule has 1 fully saturated rings. The lowest BCUT2D eigenvalue weighted by Gasteiger charge is -2.35. The van der Waals surface area contributed by atoms with Gasteiger partial charge in [-0.25, -0.2) is 9.18 Å². The third-order valence-corrected chi connectivity index (χ3v) is 3.70. The second-order valence-corrected chi connectivity index (χ2v) is 6.85. The molecule has 0 aromatic heterocycles. The van der Waals surface area contributed by atoms with E-state index in [1.165, 1.54) is 12.5 Å². The molecule has 1 aliphatic rings. The molecule has 0 N–H and O–H groups in total. The van der Waals surface area contributed by atoms with Crippen molar-refractivity contribution in [1.29, 1.82) is 0 Å². The SMILES string of the molecule is CC(C)=CC(F)(C(=O)OC1CCCCC1)C(C)(C)C. The number of ether oxygens (including phenoxy) is 1. The molecule has 2 nitrogen and oxygen atoms in total. The minimum atomic E-state index is -2.05. The van der Waals surface area contributed by atoms with Crippen molar-refractivity contribution >= 4 is 5.97 Å². The number of carbonyl (C=O) groups is 1. The van der Waals surface area contributed by atoms with Crippen LogP contribution in [0.3, 0.4) is 0 Å². The molecule has 1 unspecified atom stereocenters. The van der Waals surface area contributed by atoms with Gasteiger partial charge in [-0.05, 0) is 45.6 Å². The van der Waals surface area contributed by atoms with Crippen LogP contribution in [-0.4, -0.2) is 17.7 Å². The van der Waals surface area contributed by atoms with E-state index in [-0.39, 0.29) is 6.10 Å². The van der Waals surface area contributed by atoms with Gasteiger partial charge in [0.15, 0.2) is 0 Å². The van der Waals surface area contributed by atoms with Crippen LogP contribution in [0.25, 0.3) is 0 Å². The van der Waals surface area contributed by atoms with E-state index in [0.29, 0.717) is 0 Å². The molecule has 0 aromatic carbocycles. The van der Waals surface area contributed by atoms with Crippen LogP contribution in [0.15, 0.2) is 11.6 Å². The summed E-state index contributed by atoms with van der Waals surface area (Å²) in [5.41, 5.74) is -2.07. The summed E-state index contributed by atoms with van der Waals surface area (Å²) in [5.74, 6) is -0.729. The van der Waals surface area contributed by atoms with E-state index in [9.17, 15) is 4.79 Å². The predicted molar refractivity (Wildman–Crippen MR) is 75.7 cm³/mol. The number of alkyl halides is 1. The smallest absolute Gasteiger partial charge is 0.348 e. The van der Waals surface area contributed by atoms with Crippen LogP contribution in [-0.2, 0) is 9.53 Å². The summed E-state index contributed by atoms with van der Waals surface area (Å²) >= 11 is 0. The highest BCUT2D eigenvalue weighted by atomic mass is 19.1. The molecule has 1 rings (SSSR count). The quantitative estimate of drug-likeness (QED) is 0.554. The topological polar surface area (TPSA) is 26.3 Å². The van der Waals surface area contributed by atoms with Crippen molar-refractivity contribution in [1.82, 2.24) is 0 Å². The largest absolute Gasteiger partial charge is 0.460 e. The van der Waals surface area contributed by atoms with Gasteiger partial charge in [-0.2, -0.15) is 0 Å². The summed E-state index contributed by atoms with van der Waals surface area (Å²) < 4.78 is 20.6. The van der Waals surface area contributed by atoms with E-state index >= 15 is 4.39 Å². The fourth-order valence-corrected chi connectivity index (χ4v) is 2.40. The molecule has 0 bridgehead atoms. The summed E-state index contributed by atoms with van der Waals surface area (Å²) in [6, 6.07) is 0. The van der Waals surface area contributed by atoms with E-state index in [2.05, 4.69) is 0 Å². The molecular formula is C16H27FO2. The van der Waals surface area contributed by atoms with Crippen LogP contribution >= 0.6 is 0 Å². The van der Waals surface area contributed by atoms with Crippen LogP contribution < -0.4 is 0 Å². The first-order valence-corrected chi connectivity index (χ1v) is 7.23. The molecule has 1 saturated carbocycles. The van der Waals surface area contributed by atoms with Gasteiger partial charge >= 0.3 is 5.97 Å². The molecule has 3 heteroatoms. The maximum Gasteiger partial charge on any atom is 0.348 e. The number of rotatable bonds is 3. The summed E-state index contributed by atoms with van der Waals surface area (Å²) in [6.07, 6.45) is 6.33. The van der Waals surface area contributed by atoms with Gasteiger partial charge < -0.3 is 4.74 Å². The predicted octanol–water partition coefficient (Wildman–Crippen LogP) is 4.58. The highest BCUT2D eigenvalue weighted by molar-refractivity contribution is 5.83. The van der Waals surface area contributed by atoms with Gasteiger partial charge in [0.1, 0.15) is 6.10 Å². The van der Waals surface area contributed by atoms with Gasteiger partial charge in [0.25, 0.3) is 0 Å². The maximum atomic E-state index is 15.1. The average molecular weight is 270 g/mol. The van der Waals surface area contributed by atoms with Crippen LogP contribution in [0.2, 0.25) is 0 Å². The molecule has 0 aliphatic heterocycles. The normalized spacial score (nSPS) is 20.5. The van der Waals surface area contributed by atoms with Crippen LogP contribution in [0, 0.1) is 5.41 Å². The first kappa shape index (κ1) is 16.2. The van der Waals surface area contributed by atoms with Gasteiger partial charge in [-0.3, -0.25) is 0 Å². The number of halogens is 1. The average Bonchev–Trinajstić information content (AvgIpc) is 2.27.